The van der Waals surface area contributed by atoms with E-state index in [4.69, 9.17) is 0 Å². The third-order valence-corrected chi connectivity index (χ3v) is 3.91. The van der Waals surface area contributed by atoms with E-state index in [1.54, 1.807) is 0 Å². The molecule has 0 aliphatic carbocycles. The SMILES string of the molecule is Cc1cc(C)c(CN2CCC[C@@H]2CO)c(C)c1. The highest BCUT2D eigenvalue weighted by molar-refractivity contribution is 5.37. The molecule has 1 atom stereocenters. The number of rotatable bonds is 3. The third-order valence-electron chi connectivity index (χ3n) is 3.91. The summed E-state index contributed by atoms with van der Waals surface area (Å²) < 4.78 is 0. The Kier molecular flexibility index (Phi) is 3.85. The Balaban J connectivity index is 2.18. The predicted molar refractivity (Wildman–Crippen MR) is 71.2 cm³/mol. The highest BCUT2D eigenvalue weighted by Gasteiger charge is 2.24. The van der Waals surface area contributed by atoms with Crippen molar-refractivity contribution in [1.29, 1.82) is 0 Å². The van der Waals surface area contributed by atoms with Crippen LogP contribution in [0, 0.1) is 20.8 Å². The number of hydrogen-bond donors (Lipinski definition) is 1. The minimum Gasteiger partial charge on any atom is -0.395 e. The number of benzene rings is 1. The van der Waals surface area contributed by atoms with Crippen LogP contribution in [0.15, 0.2) is 12.1 Å². The van der Waals surface area contributed by atoms with E-state index in [-0.39, 0.29) is 0 Å². The molecule has 0 amide bonds. The first-order valence-corrected chi connectivity index (χ1v) is 6.53. The van der Waals surface area contributed by atoms with Gasteiger partial charge < -0.3 is 5.11 Å². The average Bonchev–Trinajstić information content (AvgIpc) is 2.70. The molecule has 2 nitrogen and oxygen atoms in total. The lowest BCUT2D eigenvalue weighted by atomic mass is 9.99. The highest BCUT2D eigenvalue weighted by Crippen LogP contribution is 2.23. The first kappa shape index (κ1) is 12.6. The first-order chi connectivity index (χ1) is 8.11. The van der Waals surface area contributed by atoms with Gasteiger partial charge in [-0.1, -0.05) is 17.7 Å². The summed E-state index contributed by atoms with van der Waals surface area (Å²) in [6.45, 7) is 8.94. The van der Waals surface area contributed by atoms with Gasteiger partial charge in [0.1, 0.15) is 0 Å². The van der Waals surface area contributed by atoms with Crippen molar-refractivity contribution in [2.24, 2.45) is 0 Å². The zero-order chi connectivity index (χ0) is 12.4. The van der Waals surface area contributed by atoms with Crippen molar-refractivity contribution in [3.05, 3.63) is 34.4 Å². The summed E-state index contributed by atoms with van der Waals surface area (Å²) in [5, 5.41) is 9.36. The maximum atomic E-state index is 9.36. The molecule has 0 spiro atoms. The molecule has 0 radical (unpaired) electrons. The lowest BCUT2D eigenvalue weighted by Crippen LogP contribution is -2.32. The van der Waals surface area contributed by atoms with Gasteiger partial charge in [-0.25, -0.2) is 0 Å². The van der Waals surface area contributed by atoms with Crippen LogP contribution in [-0.2, 0) is 6.54 Å². The average molecular weight is 233 g/mol. The summed E-state index contributed by atoms with van der Waals surface area (Å²) >= 11 is 0. The first-order valence-electron chi connectivity index (χ1n) is 6.53. The maximum Gasteiger partial charge on any atom is 0.0587 e. The van der Waals surface area contributed by atoms with E-state index in [0.29, 0.717) is 12.6 Å². The second kappa shape index (κ2) is 5.19. The van der Waals surface area contributed by atoms with Crippen LogP contribution >= 0.6 is 0 Å². The number of hydrogen-bond acceptors (Lipinski definition) is 2. The molecule has 17 heavy (non-hydrogen) atoms. The van der Waals surface area contributed by atoms with Gasteiger partial charge in [-0.3, -0.25) is 4.90 Å². The van der Waals surface area contributed by atoms with Gasteiger partial charge in [0.05, 0.1) is 6.61 Å². The fourth-order valence-electron chi connectivity index (χ4n) is 2.97. The Labute approximate surface area is 104 Å². The van der Waals surface area contributed by atoms with Crippen LogP contribution in [0.3, 0.4) is 0 Å². The Morgan fingerprint density at radius 1 is 1.24 bits per heavy atom. The minimum atomic E-state index is 0.296. The van der Waals surface area contributed by atoms with Crippen LogP contribution in [0.2, 0.25) is 0 Å². The summed E-state index contributed by atoms with van der Waals surface area (Å²) in [5.74, 6) is 0. The standard InChI is InChI=1S/C15H23NO/c1-11-7-12(2)15(13(3)8-11)9-16-6-4-5-14(16)10-17/h7-8,14,17H,4-6,9-10H2,1-3H3/t14-/m1/s1. The van der Waals surface area contributed by atoms with Gasteiger partial charge in [0.25, 0.3) is 0 Å². The number of aryl methyl sites for hydroxylation is 3. The molecule has 2 rings (SSSR count). The van der Waals surface area contributed by atoms with Crippen molar-refractivity contribution in [2.75, 3.05) is 13.2 Å². The Morgan fingerprint density at radius 2 is 1.88 bits per heavy atom. The molecule has 1 heterocycles. The molecule has 1 aromatic rings. The summed E-state index contributed by atoms with van der Waals surface area (Å²) in [6.07, 6.45) is 2.36. The van der Waals surface area contributed by atoms with Crippen molar-refractivity contribution >= 4 is 0 Å². The summed E-state index contributed by atoms with van der Waals surface area (Å²) in [4.78, 5) is 2.42. The molecule has 1 aliphatic heterocycles. The lowest BCUT2D eigenvalue weighted by molar-refractivity contribution is 0.153. The van der Waals surface area contributed by atoms with Crippen LogP contribution < -0.4 is 0 Å². The fraction of sp³-hybridized carbons (Fsp3) is 0.600. The molecule has 94 valence electrons. The van der Waals surface area contributed by atoms with Crippen LogP contribution in [-0.4, -0.2) is 29.2 Å². The fourth-order valence-corrected chi connectivity index (χ4v) is 2.97. The van der Waals surface area contributed by atoms with E-state index in [1.165, 1.54) is 28.7 Å². The molecule has 0 bridgehead atoms. The Hall–Kier alpha value is -0.860. The quantitative estimate of drug-likeness (QED) is 0.867. The van der Waals surface area contributed by atoms with E-state index in [9.17, 15) is 5.11 Å². The summed E-state index contributed by atoms with van der Waals surface area (Å²) in [5.41, 5.74) is 5.54. The Bertz CT molecular complexity index is 377. The number of nitrogens with zero attached hydrogens (tertiary/aromatic N) is 1. The van der Waals surface area contributed by atoms with Crippen molar-refractivity contribution in [1.82, 2.24) is 4.90 Å². The van der Waals surface area contributed by atoms with Crippen molar-refractivity contribution in [2.45, 2.75) is 46.2 Å². The topological polar surface area (TPSA) is 23.5 Å². The molecule has 0 saturated carbocycles. The zero-order valence-corrected chi connectivity index (χ0v) is 11.2. The van der Waals surface area contributed by atoms with Crippen molar-refractivity contribution in [3.63, 3.8) is 0 Å². The predicted octanol–water partition coefficient (Wildman–Crippen LogP) is 2.57. The molecule has 1 fully saturated rings. The molecule has 2 heteroatoms. The van der Waals surface area contributed by atoms with E-state index >= 15 is 0 Å². The van der Waals surface area contributed by atoms with Gasteiger partial charge in [0, 0.05) is 12.6 Å². The van der Waals surface area contributed by atoms with Gasteiger partial charge in [0.2, 0.25) is 0 Å². The number of aliphatic hydroxyl groups excluding tert-OH is 1. The van der Waals surface area contributed by atoms with E-state index in [1.807, 2.05) is 0 Å². The van der Waals surface area contributed by atoms with Crippen LogP contribution in [0.1, 0.15) is 35.1 Å². The van der Waals surface area contributed by atoms with Gasteiger partial charge in [0.15, 0.2) is 0 Å². The molecule has 0 unspecified atom stereocenters. The second-order valence-corrected chi connectivity index (χ2v) is 5.33. The highest BCUT2D eigenvalue weighted by atomic mass is 16.3. The van der Waals surface area contributed by atoms with E-state index in [0.717, 1.165) is 19.5 Å². The van der Waals surface area contributed by atoms with Gasteiger partial charge in [-0.05, 0) is 56.8 Å². The monoisotopic (exact) mass is 233 g/mol. The Morgan fingerprint density at radius 3 is 2.47 bits per heavy atom. The van der Waals surface area contributed by atoms with Gasteiger partial charge in [-0.2, -0.15) is 0 Å². The molecular formula is C15H23NO. The van der Waals surface area contributed by atoms with Crippen molar-refractivity contribution < 1.29 is 5.11 Å². The van der Waals surface area contributed by atoms with E-state index < -0.39 is 0 Å². The summed E-state index contributed by atoms with van der Waals surface area (Å²) in [6, 6.07) is 4.88. The van der Waals surface area contributed by atoms with Crippen LogP contribution in [0.25, 0.3) is 0 Å². The molecule has 0 aromatic heterocycles. The smallest absolute Gasteiger partial charge is 0.0587 e. The molecule has 1 aliphatic rings. The minimum absolute atomic E-state index is 0.296. The van der Waals surface area contributed by atoms with Crippen LogP contribution in [0.4, 0.5) is 0 Å². The second-order valence-electron chi connectivity index (χ2n) is 5.33. The third kappa shape index (κ3) is 2.70. The molecular weight excluding hydrogens is 210 g/mol. The van der Waals surface area contributed by atoms with Gasteiger partial charge in [-0.15, -0.1) is 0 Å². The molecule has 1 N–H and O–H groups in total. The van der Waals surface area contributed by atoms with E-state index in [2.05, 4.69) is 37.8 Å². The molecule has 1 saturated heterocycles. The number of aliphatic hydroxyl groups is 1. The number of likely N-dealkylation sites (tertiary alicyclic amines) is 1. The summed E-state index contributed by atoms with van der Waals surface area (Å²) in [7, 11) is 0. The maximum absolute atomic E-state index is 9.36. The van der Waals surface area contributed by atoms with Crippen molar-refractivity contribution in [3.8, 4) is 0 Å². The molecule has 1 aromatic carbocycles. The zero-order valence-electron chi connectivity index (χ0n) is 11.2. The van der Waals surface area contributed by atoms with Crippen LogP contribution in [0.5, 0.6) is 0 Å². The largest absolute Gasteiger partial charge is 0.395 e. The lowest BCUT2D eigenvalue weighted by Gasteiger charge is -2.24. The van der Waals surface area contributed by atoms with Gasteiger partial charge >= 0.3 is 0 Å². The normalized spacial score (nSPS) is 21.1.